The predicted molar refractivity (Wildman–Crippen MR) is 87.5 cm³/mol. The summed E-state index contributed by atoms with van der Waals surface area (Å²) in [5.41, 5.74) is 4.55. The van der Waals surface area contributed by atoms with Crippen molar-refractivity contribution in [3.05, 3.63) is 34.4 Å². The molecule has 0 amide bonds. The maximum Gasteiger partial charge on any atom is 0.307 e. The molecule has 0 saturated carbocycles. The van der Waals surface area contributed by atoms with E-state index in [1.807, 2.05) is 24.8 Å². The molecular formula is C17H26O2S. The summed E-state index contributed by atoms with van der Waals surface area (Å²) < 4.78 is 0. The Morgan fingerprint density at radius 2 is 1.70 bits per heavy atom. The largest absolute Gasteiger partial charge is 0.481 e. The summed E-state index contributed by atoms with van der Waals surface area (Å²) in [6, 6.07) is 4.19. The van der Waals surface area contributed by atoms with E-state index in [9.17, 15) is 4.79 Å². The minimum Gasteiger partial charge on any atom is -0.481 e. The van der Waals surface area contributed by atoms with Crippen LogP contribution in [0.25, 0.3) is 0 Å². The van der Waals surface area contributed by atoms with E-state index in [1.165, 1.54) is 17.5 Å². The Balaban J connectivity index is 2.72. The molecule has 0 saturated heterocycles. The Morgan fingerprint density at radius 1 is 1.15 bits per heavy atom. The van der Waals surface area contributed by atoms with Crippen molar-refractivity contribution >= 4 is 17.7 Å². The molecule has 3 heteroatoms. The average Bonchev–Trinajstić information content (AvgIpc) is 2.30. The molecule has 1 aromatic rings. The third-order valence-electron chi connectivity index (χ3n) is 3.46. The van der Waals surface area contributed by atoms with Crippen molar-refractivity contribution in [3.63, 3.8) is 0 Å². The number of thioether (sulfide) groups is 1. The fourth-order valence-electron chi connectivity index (χ4n) is 2.41. The Morgan fingerprint density at radius 3 is 2.25 bits per heavy atom. The van der Waals surface area contributed by atoms with E-state index in [2.05, 4.69) is 33.8 Å². The zero-order valence-electron chi connectivity index (χ0n) is 13.2. The third-order valence-corrected chi connectivity index (χ3v) is 4.70. The van der Waals surface area contributed by atoms with Crippen molar-refractivity contribution in [2.75, 3.05) is 0 Å². The first-order valence-corrected chi connectivity index (χ1v) is 8.26. The van der Waals surface area contributed by atoms with Crippen molar-refractivity contribution in [3.8, 4) is 0 Å². The predicted octanol–water partition coefficient (Wildman–Crippen LogP) is 4.60. The number of aliphatic carboxylic acids is 1. The Labute approximate surface area is 127 Å². The van der Waals surface area contributed by atoms with Gasteiger partial charge < -0.3 is 5.11 Å². The number of carboxylic acids is 1. The van der Waals surface area contributed by atoms with E-state index < -0.39 is 5.97 Å². The van der Waals surface area contributed by atoms with Crippen molar-refractivity contribution in [1.29, 1.82) is 0 Å². The van der Waals surface area contributed by atoms with E-state index in [0.29, 0.717) is 5.25 Å². The van der Waals surface area contributed by atoms with Crippen molar-refractivity contribution < 1.29 is 9.90 Å². The molecule has 0 aliphatic heterocycles. The topological polar surface area (TPSA) is 37.3 Å². The molecule has 2 nitrogen and oxygen atoms in total. The standard InChI is InChI=1S/C17H26O2S/c1-11(2)6-14(5)20-10-16-8-12(3)15(7-13(16)4)9-17(18)19/h7-8,11,14H,6,9-10H2,1-5H3,(H,18,19). The van der Waals surface area contributed by atoms with Crippen molar-refractivity contribution in [2.45, 2.75) is 58.5 Å². The summed E-state index contributed by atoms with van der Waals surface area (Å²) in [4.78, 5) is 10.8. The van der Waals surface area contributed by atoms with Crippen LogP contribution in [0.15, 0.2) is 12.1 Å². The molecular weight excluding hydrogens is 268 g/mol. The van der Waals surface area contributed by atoms with Gasteiger partial charge in [0.05, 0.1) is 6.42 Å². The van der Waals surface area contributed by atoms with Gasteiger partial charge in [-0.15, -0.1) is 0 Å². The fraction of sp³-hybridized carbons (Fsp3) is 0.588. The summed E-state index contributed by atoms with van der Waals surface area (Å²) >= 11 is 1.98. The highest BCUT2D eigenvalue weighted by Gasteiger charge is 2.10. The van der Waals surface area contributed by atoms with Crippen LogP contribution in [0.3, 0.4) is 0 Å². The highest BCUT2D eigenvalue weighted by molar-refractivity contribution is 7.99. The zero-order valence-corrected chi connectivity index (χ0v) is 14.0. The molecule has 0 fully saturated rings. The molecule has 1 rings (SSSR count). The van der Waals surface area contributed by atoms with E-state index >= 15 is 0 Å². The Bertz CT molecular complexity index is 466. The molecule has 0 radical (unpaired) electrons. The van der Waals surface area contributed by atoms with Gasteiger partial charge in [0.15, 0.2) is 0 Å². The second-order valence-corrected chi connectivity index (χ2v) is 7.45. The lowest BCUT2D eigenvalue weighted by molar-refractivity contribution is -0.136. The number of hydrogen-bond acceptors (Lipinski definition) is 2. The van der Waals surface area contributed by atoms with Gasteiger partial charge in [0.2, 0.25) is 0 Å². The highest BCUT2D eigenvalue weighted by Crippen LogP contribution is 2.26. The number of benzene rings is 1. The monoisotopic (exact) mass is 294 g/mol. The summed E-state index contributed by atoms with van der Waals surface area (Å²) in [5, 5.41) is 9.57. The molecule has 0 spiro atoms. The van der Waals surface area contributed by atoms with Gasteiger partial charge in [-0.3, -0.25) is 4.79 Å². The molecule has 0 aliphatic rings. The first-order valence-electron chi connectivity index (χ1n) is 7.22. The number of carbonyl (C=O) groups is 1. The van der Waals surface area contributed by atoms with E-state index in [0.717, 1.165) is 22.8 Å². The van der Waals surface area contributed by atoms with Gasteiger partial charge in [0.1, 0.15) is 0 Å². The van der Waals surface area contributed by atoms with Crippen LogP contribution in [0, 0.1) is 19.8 Å². The lowest BCUT2D eigenvalue weighted by Gasteiger charge is -2.16. The zero-order chi connectivity index (χ0) is 15.3. The number of rotatable bonds is 7. The van der Waals surface area contributed by atoms with Crippen LogP contribution in [0.2, 0.25) is 0 Å². The van der Waals surface area contributed by atoms with Gasteiger partial charge >= 0.3 is 5.97 Å². The lowest BCUT2D eigenvalue weighted by atomic mass is 9.99. The molecule has 1 N–H and O–H groups in total. The van der Waals surface area contributed by atoms with E-state index in [-0.39, 0.29) is 6.42 Å². The normalized spacial score (nSPS) is 12.7. The highest BCUT2D eigenvalue weighted by atomic mass is 32.2. The molecule has 1 atom stereocenters. The number of aryl methyl sites for hydroxylation is 2. The van der Waals surface area contributed by atoms with Crippen LogP contribution in [0.1, 0.15) is 49.4 Å². The number of hydrogen-bond donors (Lipinski definition) is 1. The summed E-state index contributed by atoms with van der Waals surface area (Å²) in [7, 11) is 0. The quantitative estimate of drug-likeness (QED) is 0.798. The van der Waals surface area contributed by atoms with E-state index in [1.54, 1.807) is 0 Å². The van der Waals surface area contributed by atoms with Crippen LogP contribution in [0.4, 0.5) is 0 Å². The maximum absolute atomic E-state index is 10.8. The first-order chi connectivity index (χ1) is 9.29. The molecule has 0 aliphatic carbocycles. The minimum absolute atomic E-state index is 0.115. The fourth-order valence-corrected chi connectivity index (χ4v) is 3.70. The molecule has 1 unspecified atom stereocenters. The van der Waals surface area contributed by atoms with Gasteiger partial charge in [-0.25, -0.2) is 0 Å². The second kappa shape index (κ2) is 7.72. The third kappa shape index (κ3) is 5.58. The molecule has 0 bridgehead atoms. The van der Waals surface area contributed by atoms with Gasteiger partial charge in [0, 0.05) is 11.0 Å². The van der Waals surface area contributed by atoms with Crippen LogP contribution in [-0.2, 0) is 17.0 Å². The lowest BCUT2D eigenvalue weighted by Crippen LogP contribution is -2.05. The van der Waals surface area contributed by atoms with Crippen LogP contribution in [0.5, 0.6) is 0 Å². The molecule has 1 aromatic carbocycles. The minimum atomic E-state index is -0.764. The van der Waals surface area contributed by atoms with Gasteiger partial charge in [-0.2, -0.15) is 11.8 Å². The average molecular weight is 294 g/mol. The summed E-state index contributed by atoms with van der Waals surface area (Å²) in [6.45, 7) is 10.9. The molecule has 20 heavy (non-hydrogen) atoms. The van der Waals surface area contributed by atoms with Gasteiger partial charge in [-0.05, 0) is 48.4 Å². The summed E-state index contributed by atoms with van der Waals surface area (Å²) in [6.07, 6.45) is 1.35. The van der Waals surface area contributed by atoms with Gasteiger partial charge in [0.25, 0.3) is 0 Å². The Kier molecular flexibility index (Phi) is 6.60. The van der Waals surface area contributed by atoms with Crippen LogP contribution < -0.4 is 0 Å². The molecule has 0 heterocycles. The van der Waals surface area contributed by atoms with E-state index in [4.69, 9.17) is 5.11 Å². The Hall–Kier alpha value is -0.960. The number of carboxylic acid groups (broad SMARTS) is 1. The summed E-state index contributed by atoms with van der Waals surface area (Å²) in [5.74, 6) is 0.979. The van der Waals surface area contributed by atoms with Crippen LogP contribution >= 0.6 is 11.8 Å². The van der Waals surface area contributed by atoms with Crippen molar-refractivity contribution in [2.24, 2.45) is 5.92 Å². The van der Waals surface area contributed by atoms with Crippen LogP contribution in [-0.4, -0.2) is 16.3 Å². The SMILES string of the molecule is Cc1cc(CC(=O)O)c(C)cc1CSC(C)CC(C)C. The smallest absolute Gasteiger partial charge is 0.307 e. The van der Waals surface area contributed by atoms with Gasteiger partial charge in [-0.1, -0.05) is 32.9 Å². The maximum atomic E-state index is 10.8. The van der Waals surface area contributed by atoms with Crippen molar-refractivity contribution in [1.82, 2.24) is 0 Å². The molecule has 0 aromatic heterocycles. The first kappa shape index (κ1) is 17.1. The second-order valence-electron chi connectivity index (χ2n) is 6.03. The molecule has 112 valence electrons.